The van der Waals surface area contributed by atoms with Gasteiger partial charge in [-0.2, -0.15) is 0 Å². The van der Waals surface area contributed by atoms with Gasteiger partial charge in [0.15, 0.2) is 0 Å². The summed E-state index contributed by atoms with van der Waals surface area (Å²) in [6.07, 6.45) is 1.99. The van der Waals surface area contributed by atoms with E-state index < -0.39 is 6.04 Å². The van der Waals surface area contributed by atoms with E-state index in [9.17, 15) is 14.4 Å². The van der Waals surface area contributed by atoms with Crippen molar-refractivity contribution < 1.29 is 14.4 Å². The maximum absolute atomic E-state index is 12.7. The summed E-state index contributed by atoms with van der Waals surface area (Å²) in [6.45, 7) is 15.8. The fourth-order valence-electron chi connectivity index (χ4n) is 3.18. The quantitative estimate of drug-likeness (QED) is 0.711. The van der Waals surface area contributed by atoms with Crippen LogP contribution in [0.25, 0.3) is 0 Å². The summed E-state index contributed by atoms with van der Waals surface area (Å²) in [7, 11) is 0. The number of amides is 3. The highest BCUT2D eigenvalue weighted by molar-refractivity contribution is 5.88. The van der Waals surface area contributed by atoms with Gasteiger partial charge in [0.2, 0.25) is 17.7 Å². The number of carbonyl (C=O) groups is 3. The van der Waals surface area contributed by atoms with Gasteiger partial charge in [0.05, 0.1) is 0 Å². The summed E-state index contributed by atoms with van der Waals surface area (Å²) in [6, 6.07) is -0.529. The zero-order chi connectivity index (χ0) is 20.8. The molecule has 6 heteroatoms. The SMILES string of the molecule is CC(C)CNC(=O)C(NC(=O)C(C)C)C1CCN(C(=O)CC(C)(C)C)CC1. The van der Waals surface area contributed by atoms with E-state index in [4.69, 9.17) is 0 Å². The van der Waals surface area contributed by atoms with Gasteiger partial charge in [-0.3, -0.25) is 14.4 Å². The summed E-state index contributed by atoms with van der Waals surface area (Å²) in [4.78, 5) is 39.3. The predicted molar refractivity (Wildman–Crippen MR) is 108 cm³/mol. The molecular weight excluding hydrogens is 342 g/mol. The van der Waals surface area contributed by atoms with E-state index in [1.165, 1.54) is 0 Å². The molecule has 6 nitrogen and oxygen atoms in total. The van der Waals surface area contributed by atoms with Gasteiger partial charge in [-0.05, 0) is 30.1 Å². The summed E-state index contributed by atoms with van der Waals surface area (Å²) in [5.74, 6) is 0.195. The van der Waals surface area contributed by atoms with Crippen LogP contribution in [-0.4, -0.2) is 48.3 Å². The molecule has 0 aromatic rings. The fraction of sp³-hybridized carbons (Fsp3) is 0.857. The Morgan fingerprint density at radius 1 is 1.00 bits per heavy atom. The topological polar surface area (TPSA) is 78.5 Å². The van der Waals surface area contributed by atoms with Crippen molar-refractivity contribution in [3.05, 3.63) is 0 Å². The third kappa shape index (κ3) is 8.31. The lowest BCUT2D eigenvalue weighted by Crippen LogP contribution is -2.55. The molecule has 1 fully saturated rings. The van der Waals surface area contributed by atoms with E-state index in [-0.39, 0.29) is 35.0 Å². The van der Waals surface area contributed by atoms with Crippen molar-refractivity contribution in [3.8, 4) is 0 Å². The van der Waals surface area contributed by atoms with Crippen molar-refractivity contribution in [1.29, 1.82) is 0 Å². The molecule has 1 atom stereocenters. The van der Waals surface area contributed by atoms with Crippen LogP contribution in [0.1, 0.15) is 67.7 Å². The Balaban J connectivity index is 2.73. The standard InChI is InChI=1S/C21H39N3O3/c1-14(2)13-22-20(27)18(23-19(26)15(3)4)16-8-10-24(11-9-16)17(25)12-21(5,6)7/h14-16,18H,8-13H2,1-7H3,(H,22,27)(H,23,26). The number of nitrogens with zero attached hydrogens (tertiary/aromatic N) is 1. The number of carbonyl (C=O) groups excluding carboxylic acids is 3. The van der Waals surface area contributed by atoms with Gasteiger partial charge in [-0.25, -0.2) is 0 Å². The first-order valence-electron chi connectivity index (χ1n) is 10.3. The zero-order valence-corrected chi connectivity index (χ0v) is 18.2. The molecule has 0 radical (unpaired) electrons. The Bertz CT molecular complexity index is 515. The van der Waals surface area contributed by atoms with Gasteiger partial charge < -0.3 is 15.5 Å². The molecule has 2 N–H and O–H groups in total. The minimum absolute atomic E-state index is 0.0293. The Labute approximate surface area is 164 Å². The van der Waals surface area contributed by atoms with Crippen LogP contribution in [0.2, 0.25) is 0 Å². The molecule has 1 rings (SSSR count). The highest BCUT2D eigenvalue weighted by Crippen LogP contribution is 2.25. The van der Waals surface area contributed by atoms with Gasteiger partial charge in [0.1, 0.15) is 6.04 Å². The number of likely N-dealkylation sites (tertiary alicyclic amines) is 1. The average Bonchev–Trinajstić information content (AvgIpc) is 2.55. The fourth-order valence-corrected chi connectivity index (χ4v) is 3.18. The summed E-state index contributed by atoms with van der Waals surface area (Å²) >= 11 is 0. The molecule has 1 saturated heterocycles. The third-order valence-electron chi connectivity index (χ3n) is 4.83. The first kappa shape index (κ1) is 23.4. The maximum atomic E-state index is 12.7. The number of nitrogens with one attached hydrogen (secondary N) is 2. The van der Waals surface area contributed by atoms with Crippen molar-refractivity contribution in [2.24, 2.45) is 23.2 Å². The molecule has 1 aliphatic rings. The van der Waals surface area contributed by atoms with Gasteiger partial charge >= 0.3 is 0 Å². The second-order valence-electron chi connectivity index (χ2n) is 9.74. The molecule has 27 heavy (non-hydrogen) atoms. The highest BCUT2D eigenvalue weighted by Gasteiger charge is 2.34. The van der Waals surface area contributed by atoms with Gasteiger partial charge in [-0.15, -0.1) is 0 Å². The number of hydrogen-bond donors (Lipinski definition) is 2. The van der Waals surface area contributed by atoms with Gasteiger partial charge in [0.25, 0.3) is 0 Å². The lowest BCUT2D eigenvalue weighted by atomic mass is 9.87. The normalized spacial score (nSPS) is 17.1. The molecule has 0 bridgehead atoms. The molecular formula is C21H39N3O3. The summed E-state index contributed by atoms with van der Waals surface area (Å²) in [5.41, 5.74) is -0.0293. The van der Waals surface area contributed by atoms with Crippen molar-refractivity contribution in [1.82, 2.24) is 15.5 Å². The second-order valence-corrected chi connectivity index (χ2v) is 9.74. The van der Waals surface area contributed by atoms with E-state index in [1.54, 1.807) is 0 Å². The summed E-state index contributed by atoms with van der Waals surface area (Å²) in [5, 5.41) is 5.89. The Morgan fingerprint density at radius 3 is 2.00 bits per heavy atom. The maximum Gasteiger partial charge on any atom is 0.242 e. The van der Waals surface area contributed by atoms with Crippen molar-refractivity contribution >= 4 is 17.7 Å². The van der Waals surface area contributed by atoms with Crippen LogP contribution >= 0.6 is 0 Å². The van der Waals surface area contributed by atoms with E-state index in [2.05, 4.69) is 31.4 Å². The van der Waals surface area contributed by atoms with Crippen molar-refractivity contribution in [2.75, 3.05) is 19.6 Å². The number of rotatable bonds is 7. The van der Waals surface area contributed by atoms with E-state index >= 15 is 0 Å². The van der Waals surface area contributed by atoms with E-state index in [0.29, 0.717) is 32.0 Å². The largest absolute Gasteiger partial charge is 0.354 e. The molecule has 156 valence electrons. The number of hydrogen-bond acceptors (Lipinski definition) is 3. The Morgan fingerprint density at radius 2 is 1.56 bits per heavy atom. The molecule has 0 aliphatic carbocycles. The third-order valence-corrected chi connectivity index (χ3v) is 4.83. The molecule has 0 spiro atoms. The lowest BCUT2D eigenvalue weighted by Gasteiger charge is -2.37. The van der Waals surface area contributed by atoms with E-state index in [0.717, 1.165) is 12.8 Å². The van der Waals surface area contributed by atoms with Crippen LogP contribution in [0.3, 0.4) is 0 Å². The molecule has 0 aromatic heterocycles. The summed E-state index contributed by atoms with van der Waals surface area (Å²) < 4.78 is 0. The van der Waals surface area contributed by atoms with Crippen molar-refractivity contribution in [3.63, 3.8) is 0 Å². The van der Waals surface area contributed by atoms with E-state index in [1.807, 2.05) is 32.6 Å². The average molecular weight is 382 g/mol. The zero-order valence-electron chi connectivity index (χ0n) is 18.2. The van der Waals surface area contributed by atoms with Crippen LogP contribution in [0.4, 0.5) is 0 Å². The lowest BCUT2D eigenvalue weighted by molar-refractivity contribution is -0.136. The smallest absolute Gasteiger partial charge is 0.242 e. The monoisotopic (exact) mass is 381 g/mol. The van der Waals surface area contributed by atoms with Gasteiger partial charge in [-0.1, -0.05) is 48.5 Å². The molecule has 0 aromatic carbocycles. The van der Waals surface area contributed by atoms with Gasteiger partial charge in [0, 0.05) is 32.0 Å². The van der Waals surface area contributed by atoms with Crippen LogP contribution in [0.5, 0.6) is 0 Å². The predicted octanol–water partition coefficient (Wildman–Crippen LogP) is 2.57. The number of piperidine rings is 1. The first-order valence-corrected chi connectivity index (χ1v) is 10.3. The van der Waals surface area contributed by atoms with Crippen LogP contribution in [0, 0.1) is 23.2 Å². The van der Waals surface area contributed by atoms with Crippen LogP contribution in [-0.2, 0) is 14.4 Å². The molecule has 1 heterocycles. The van der Waals surface area contributed by atoms with Crippen molar-refractivity contribution in [2.45, 2.75) is 73.8 Å². The molecule has 1 aliphatic heterocycles. The minimum atomic E-state index is -0.529. The van der Waals surface area contributed by atoms with Crippen LogP contribution in [0.15, 0.2) is 0 Å². The van der Waals surface area contributed by atoms with Crippen LogP contribution < -0.4 is 10.6 Å². The molecule has 0 saturated carbocycles. The molecule has 3 amide bonds. The second kappa shape index (κ2) is 10.1. The minimum Gasteiger partial charge on any atom is -0.354 e. The first-order chi connectivity index (χ1) is 12.4. The molecule has 1 unspecified atom stereocenters. The Kier molecular flexibility index (Phi) is 8.76. The highest BCUT2D eigenvalue weighted by atomic mass is 16.2. The Hall–Kier alpha value is -1.59.